The standard InChI is InChI=1S/C22H38N2O5/c1-6-23-16-18(25)24(20(23)28)17-22(4,5)12-8-10-14-29-13-9-7-11-21(2,3)15-19(26)27/h6,16,25H,1,7-15,17H2,2-5H3,(H,26,27). The molecule has 0 unspecified atom stereocenters. The Balaban J connectivity index is 2.20. The highest BCUT2D eigenvalue weighted by Gasteiger charge is 2.22. The Morgan fingerprint density at radius 2 is 1.66 bits per heavy atom. The van der Waals surface area contributed by atoms with Gasteiger partial charge in [-0.3, -0.25) is 13.9 Å². The van der Waals surface area contributed by atoms with Crippen molar-refractivity contribution in [1.29, 1.82) is 0 Å². The molecule has 7 heteroatoms. The van der Waals surface area contributed by atoms with E-state index in [4.69, 9.17) is 9.84 Å². The summed E-state index contributed by atoms with van der Waals surface area (Å²) in [6.45, 7) is 13.6. The zero-order valence-electron chi connectivity index (χ0n) is 18.4. The molecule has 7 nitrogen and oxygen atoms in total. The van der Waals surface area contributed by atoms with Crippen molar-refractivity contribution in [2.24, 2.45) is 10.8 Å². The number of rotatable bonds is 15. The van der Waals surface area contributed by atoms with Crippen molar-refractivity contribution in [3.05, 3.63) is 23.3 Å². The summed E-state index contributed by atoms with van der Waals surface area (Å²) in [6, 6.07) is 0. The van der Waals surface area contributed by atoms with E-state index < -0.39 is 5.97 Å². The molecule has 1 heterocycles. The minimum Gasteiger partial charge on any atom is -0.493 e. The number of carbonyl (C=O) groups is 1. The molecular formula is C22H38N2O5. The lowest BCUT2D eigenvalue weighted by Crippen LogP contribution is -2.28. The molecule has 0 fully saturated rings. The number of aromatic hydroxyl groups is 1. The van der Waals surface area contributed by atoms with Crippen LogP contribution in [0, 0.1) is 10.8 Å². The molecule has 166 valence electrons. The molecule has 0 saturated carbocycles. The molecule has 0 aliphatic heterocycles. The maximum absolute atomic E-state index is 12.2. The third kappa shape index (κ3) is 9.35. The number of carboxylic acid groups (broad SMARTS) is 1. The number of ether oxygens (including phenoxy) is 1. The van der Waals surface area contributed by atoms with Gasteiger partial charge >= 0.3 is 11.7 Å². The first-order valence-electron chi connectivity index (χ1n) is 10.4. The van der Waals surface area contributed by atoms with Gasteiger partial charge in [0.15, 0.2) is 0 Å². The first-order chi connectivity index (χ1) is 13.5. The van der Waals surface area contributed by atoms with Gasteiger partial charge in [0.25, 0.3) is 0 Å². The molecule has 0 aliphatic carbocycles. The Bertz CT molecular complexity index is 715. The molecule has 0 amide bonds. The predicted molar refractivity (Wildman–Crippen MR) is 115 cm³/mol. The van der Waals surface area contributed by atoms with Crippen LogP contribution in [0.2, 0.25) is 0 Å². The topological polar surface area (TPSA) is 93.7 Å². The average molecular weight is 411 g/mol. The summed E-state index contributed by atoms with van der Waals surface area (Å²) in [5.74, 6) is -0.787. The van der Waals surface area contributed by atoms with E-state index >= 15 is 0 Å². The zero-order chi connectivity index (χ0) is 22.1. The molecule has 0 saturated heterocycles. The average Bonchev–Trinajstić information content (AvgIpc) is 2.86. The highest BCUT2D eigenvalue weighted by Crippen LogP contribution is 2.28. The second kappa shape index (κ2) is 11.2. The van der Waals surface area contributed by atoms with Crippen LogP contribution in [0.25, 0.3) is 6.20 Å². The summed E-state index contributed by atoms with van der Waals surface area (Å²) in [5, 5.41) is 18.9. The van der Waals surface area contributed by atoms with Gasteiger partial charge in [-0.05, 0) is 36.5 Å². The number of hydrogen-bond donors (Lipinski definition) is 2. The fraction of sp³-hybridized carbons (Fsp3) is 0.727. The van der Waals surface area contributed by atoms with E-state index in [2.05, 4.69) is 20.4 Å². The van der Waals surface area contributed by atoms with E-state index in [9.17, 15) is 14.7 Å². The highest BCUT2D eigenvalue weighted by molar-refractivity contribution is 5.67. The predicted octanol–water partition coefficient (Wildman–Crippen LogP) is 4.34. The lowest BCUT2D eigenvalue weighted by Gasteiger charge is -2.25. The van der Waals surface area contributed by atoms with Crippen molar-refractivity contribution in [3.8, 4) is 5.88 Å². The van der Waals surface area contributed by atoms with Crippen LogP contribution in [0.15, 0.2) is 17.6 Å². The summed E-state index contributed by atoms with van der Waals surface area (Å²) in [6.07, 6.45) is 8.61. The molecule has 1 rings (SSSR count). The van der Waals surface area contributed by atoms with Gasteiger partial charge in [-0.2, -0.15) is 0 Å². The van der Waals surface area contributed by atoms with Gasteiger partial charge in [-0.1, -0.05) is 47.1 Å². The first-order valence-corrected chi connectivity index (χ1v) is 10.4. The van der Waals surface area contributed by atoms with E-state index in [0.717, 1.165) is 38.5 Å². The molecule has 0 bridgehead atoms. The van der Waals surface area contributed by atoms with Gasteiger partial charge in [0, 0.05) is 26.0 Å². The highest BCUT2D eigenvalue weighted by atomic mass is 16.5. The van der Waals surface area contributed by atoms with E-state index in [1.54, 1.807) is 0 Å². The molecule has 0 radical (unpaired) electrons. The van der Waals surface area contributed by atoms with Crippen molar-refractivity contribution in [2.75, 3.05) is 13.2 Å². The fourth-order valence-corrected chi connectivity index (χ4v) is 3.49. The van der Waals surface area contributed by atoms with Crippen LogP contribution >= 0.6 is 0 Å². The SMILES string of the molecule is C=Cn1cc(O)n(CC(C)(C)CCCCOCCCCC(C)(C)CC(=O)O)c1=O. The van der Waals surface area contributed by atoms with Gasteiger partial charge in [0.1, 0.15) is 0 Å². The Morgan fingerprint density at radius 1 is 1.10 bits per heavy atom. The van der Waals surface area contributed by atoms with Gasteiger partial charge in [-0.25, -0.2) is 4.79 Å². The van der Waals surface area contributed by atoms with Crippen LogP contribution in [0.5, 0.6) is 5.88 Å². The van der Waals surface area contributed by atoms with Crippen LogP contribution in [-0.2, 0) is 16.1 Å². The van der Waals surface area contributed by atoms with Crippen molar-refractivity contribution >= 4 is 12.2 Å². The largest absolute Gasteiger partial charge is 0.493 e. The Kier molecular flexibility index (Phi) is 9.70. The smallest absolute Gasteiger partial charge is 0.335 e. The quantitative estimate of drug-likeness (QED) is 0.420. The Labute approximate surface area is 174 Å². The van der Waals surface area contributed by atoms with Gasteiger partial charge in [0.2, 0.25) is 5.88 Å². The van der Waals surface area contributed by atoms with E-state index in [-0.39, 0.29) is 28.8 Å². The van der Waals surface area contributed by atoms with Crippen molar-refractivity contribution in [1.82, 2.24) is 9.13 Å². The number of unbranched alkanes of at least 4 members (excludes halogenated alkanes) is 2. The Morgan fingerprint density at radius 3 is 2.14 bits per heavy atom. The summed E-state index contributed by atoms with van der Waals surface area (Å²) in [5.41, 5.74) is -0.564. The minimum absolute atomic E-state index is 0.0437. The number of nitrogens with zero attached hydrogens (tertiary/aromatic N) is 2. The molecular weight excluding hydrogens is 372 g/mol. The van der Waals surface area contributed by atoms with Crippen LogP contribution in [0.3, 0.4) is 0 Å². The third-order valence-corrected chi connectivity index (χ3v) is 5.18. The van der Waals surface area contributed by atoms with Crippen molar-refractivity contribution in [2.45, 2.75) is 79.2 Å². The molecule has 0 aromatic carbocycles. The van der Waals surface area contributed by atoms with Gasteiger partial charge in [-0.15, -0.1) is 0 Å². The fourth-order valence-electron chi connectivity index (χ4n) is 3.49. The normalized spacial score (nSPS) is 12.3. The van der Waals surface area contributed by atoms with E-state index in [1.807, 2.05) is 13.8 Å². The van der Waals surface area contributed by atoms with Crippen LogP contribution < -0.4 is 5.69 Å². The second-order valence-electron chi connectivity index (χ2n) is 9.37. The first kappa shape index (κ1) is 25.0. The number of aromatic nitrogens is 2. The lowest BCUT2D eigenvalue weighted by molar-refractivity contribution is -0.139. The molecule has 1 aromatic rings. The molecule has 29 heavy (non-hydrogen) atoms. The van der Waals surface area contributed by atoms with Gasteiger partial charge < -0.3 is 14.9 Å². The van der Waals surface area contributed by atoms with Crippen LogP contribution in [0.1, 0.15) is 72.6 Å². The zero-order valence-corrected chi connectivity index (χ0v) is 18.4. The number of aliphatic carboxylic acids is 1. The monoisotopic (exact) mass is 410 g/mol. The third-order valence-electron chi connectivity index (χ3n) is 5.18. The number of hydrogen-bond acceptors (Lipinski definition) is 4. The number of carboxylic acids is 1. The molecule has 0 spiro atoms. The van der Waals surface area contributed by atoms with Crippen molar-refractivity contribution < 1.29 is 19.7 Å². The van der Waals surface area contributed by atoms with Crippen LogP contribution in [-0.4, -0.2) is 38.5 Å². The molecule has 0 aliphatic rings. The van der Waals surface area contributed by atoms with E-state index in [0.29, 0.717) is 19.8 Å². The summed E-state index contributed by atoms with van der Waals surface area (Å²) in [7, 11) is 0. The summed E-state index contributed by atoms with van der Waals surface area (Å²) in [4.78, 5) is 23.0. The minimum atomic E-state index is -0.743. The van der Waals surface area contributed by atoms with Crippen LogP contribution in [0.4, 0.5) is 0 Å². The summed E-state index contributed by atoms with van der Waals surface area (Å²) >= 11 is 0. The second-order valence-corrected chi connectivity index (χ2v) is 9.37. The van der Waals surface area contributed by atoms with Crippen molar-refractivity contribution in [3.63, 3.8) is 0 Å². The van der Waals surface area contributed by atoms with Gasteiger partial charge in [0.05, 0.1) is 12.6 Å². The maximum atomic E-state index is 12.2. The molecule has 2 N–H and O–H groups in total. The summed E-state index contributed by atoms with van der Waals surface area (Å²) < 4.78 is 8.35. The maximum Gasteiger partial charge on any atom is 0.335 e. The molecule has 1 aromatic heterocycles. The lowest BCUT2D eigenvalue weighted by atomic mass is 9.84. The number of imidazole rings is 1. The Hall–Kier alpha value is -2.02. The molecule has 0 atom stereocenters. The van der Waals surface area contributed by atoms with E-state index in [1.165, 1.54) is 21.5 Å².